The fraction of sp³-hybridized carbons (Fsp3) is 0.321. The van der Waals surface area contributed by atoms with Crippen molar-refractivity contribution in [2.24, 2.45) is 0 Å². The van der Waals surface area contributed by atoms with Gasteiger partial charge in [0.2, 0.25) is 0 Å². The van der Waals surface area contributed by atoms with E-state index in [1.54, 1.807) is 74.2 Å². The number of fused-ring (bicyclic) bond motifs is 6. The minimum absolute atomic E-state index is 0.00870. The Hall–Kier alpha value is -3.93. The third kappa shape index (κ3) is 7.59. The molecule has 40 heavy (non-hydrogen) atoms. The Kier molecular flexibility index (Phi) is 8.77. The summed E-state index contributed by atoms with van der Waals surface area (Å²) in [6.07, 6.45) is -1.22. The summed E-state index contributed by atoms with van der Waals surface area (Å²) in [6.45, 7) is 6.32. The van der Waals surface area contributed by atoms with Gasteiger partial charge in [0.1, 0.15) is 17.2 Å². The zero-order valence-electron chi connectivity index (χ0n) is 22.3. The Morgan fingerprint density at radius 1 is 0.975 bits per heavy atom. The monoisotopic (exact) mass is 573 g/mol. The van der Waals surface area contributed by atoms with Crippen molar-refractivity contribution in [1.29, 1.82) is 0 Å². The molecule has 1 aliphatic heterocycles. The number of hydrogen-bond donors (Lipinski definition) is 2. The van der Waals surface area contributed by atoms with Crippen molar-refractivity contribution >= 4 is 34.8 Å². The molecule has 1 unspecified atom stereocenters. The highest BCUT2D eigenvalue weighted by molar-refractivity contribution is 7.86. The predicted octanol–water partition coefficient (Wildman–Crippen LogP) is 6.36. The summed E-state index contributed by atoms with van der Waals surface area (Å²) in [5.41, 5.74) is -1.13. The maximum Gasteiger partial charge on any atom is 0.418 e. The maximum absolute atomic E-state index is 14.0. The molecule has 0 aliphatic carbocycles. The molecule has 212 valence electrons. The molecule has 0 fully saturated rings. The topological polar surface area (TPSA) is 96.5 Å². The molecule has 2 N–H and O–H groups in total. The van der Waals surface area contributed by atoms with Gasteiger partial charge in [0, 0.05) is 25.2 Å². The quantitative estimate of drug-likeness (QED) is 0.325. The van der Waals surface area contributed by atoms with Crippen molar-refractivity contribution in [3.8, 4) is 11.3 Å². The summed E-state index contributed by atoms with van der Waals surface area (Å²) in [6, 6.07) is 13.5. The van der Waals surface area contributed by atoms with Crippen LogP contribution in [0.25, 0.3) is 17.3 Å². The Labute approximate surface area is 233 Å². The van der Waals surface area contributed by atoms with Gasteiger partial charge in [0.05, 0.1) is 11.3 Å². The van der Waals surface area contributed by atoms with E-state index in [0.29, 0.717) is 37.4 Å². The fourth-order valence-corrected chi connectivity index (χ4v) is 4.74. The summed E-state index contributed by atoms with van der Waals surface area (Å²) in [5.74, 6) is 0.433. The molecule has 1 aliphatic rings. The molecule has 0 radical (unpaired) electrons. The first-order valence-corrected chi connectivity index (χ1v) is 13.8. The number of carbonyl (C=O) groups excluding carboxylic acids is 1. The van der Waals surface area contributed by atoms with Crippen LogP contribution in [0.15, 0.2) is 65.7 Å². The van der Waals surface area contributed by atoms with E-state index in [9.17, 15) is 22.2 Å². The number of rotatable bonds is 0. The second kappa shape index (κ2) is 12.1. The van der Waals surface area contributed by atoms with E-state index < -0.39 is 34.4 Å². The van der Waals surface area contributed by atoms with Crippen molar-refractivity contribution in [1.82, 2.24) is 14.9 Å². The van der Waals surface area contributed by atoms with Gasteiger partial charge in [-0.25, -0.2) is 19.0 Å². The van der Waals surface area contributed by atoms with Gasteiger partial charge in [-0.3, -0.25) is 4.72 Å². The molecule has 0 spiro atoms. The molecule has 2 aromatic heterocycles. The van der Waals surface area contributed by atoms with Gasteiger partial charge in [-0.05, 0) is 57.0 Å². The van der Waals surface area contributed by atoms with Crippen LogP contribution in [0.3, 0.4) is 0 Å². The van der Waals surface area contributed by atoms with E-state index >= 15 is 0 Å². The minimum atomic E-state index is -4.66. The van der Waals surface area contributed by atoms with Gasteiger partial charge in [0.15, 0.2) is 16.0 Å². The molecule has 1 aromatic carbocycles. The first-order chi connectivity index (χ1) is 18.9. The first-order valence-electron chi connectivity index (χ1n) is 12.6. The Balaban J connectivity index is 1.76. The number of halogens is 3. The Morgan fingerprint density at radius 3 is 2.50 bits per heavy atom. The zero-order chi connectivity index (χ0) is 28.9. The SMILES string of the molecule is CC(C)(C)OC(=O)N1CC/C=C/c2ccccc2-c2nc(ccc2C(F)(F)F)NS(=O)c2cccc(n2)NCC1. The molecule has 4 bridgehead atoms. The number of anilines is 2. The molecule has 1 amide bonds. The molecule has 4 rings (SSSR count). The lowest BCUT2D eigenvalue weighted by atomic mass is 9.99. The summed E-state index contributed by atoms with van der Waals surface area (Å²) in [7, 11) is -1.91. The van der Waals surface area contributed by atoms with Crippen LogP contribution in [0.4, 0.5) is 29.6 Å². The third-order valence-electron chi connectivity index (χ3n) is 5.73. The largest absolute Gasteiger partial charge is 0.444 e. The van der Waals surface area contributed by atoms with Gasteiger partial charge in [-0.2, -0.15) is 13.2 Å². The van der Waals surface area contributed by atoms with Crippen molar-refractivity contribution in [2.45, 2.75) is 44.0 Å². The molecule has 0 saturated heterocycles. The summed E-state index contributed by atoms with van der Waals surface area (Å²) < 4.78 is 63.3. The number of pyridine rings is 2. The number of nitrogens with one attached hydrogen (secondary N) is 2. The Morgan fingerprint density at radius 2 is 1.75 bits per heavy atom. The van der Waals surface area contributed by atoms with Crippen LogP contribution in [0.5, 0.6) is 0 Å². The van der Waals surface area contributed by atoms with Crippen LogP contribution in [0, 0.1) is 0 Å². The maximum atomic E-state index is 14.0. The van der Waals surface area contributed by atoms with Crippen LogP contribution in [-0.2, 0) is 21.9 Å². The molecular formula is C28H30F3N5O3S. The van der Waals surface area contributed by atoms with E-state index in [-0.39, 0.29) is 22.1 Å². The third-order valence-corrected chi connectivity index (χ3v) is 6.73. The van der Waals surface area contributed by atoms with Crippen molar-refractivity contribution < 1.29 is 26.9 Å². The number of nitrogens with zero attached hydrogens (tertiary/aromatic N) is 3. The van der Waals surface area contributed by atoms with Crippen molar-refractivity contribution in [3.63, 3.8) is 0 Å². The predicted molar refractivity (Wildman–Crippen MR) is 149 cm³/mol. The van der Waals surface area contributed by atoms with Gasteiger partial charge in [0.25, 0.3) is 0 Å². The lowest BCUT2D eigenvalue weighted by Gasteiger charge is -2.27. The number of ether oxygens (including phenoxy) is 1. The van der Waals surface area contributed by atoms with E-state index in [2.05, 4.69) is 20.0 Å². The number of amides is 1. The summed E-state index contributed by atoms with van der Waals surface area (Å²) >= 11 is 0. The fourth-order valence-electron chi connectivity index (χ4n) is 3.95. The highest BCUT2D eigenvalue weighted by Gasteiger charge is 2.35. The number of aromatic nitrogens is 2. The van der Waals surface area contributed by atoms with Gasteiger partial charge in [-0.1, -0.05) is 42.5 Å². The number of alkyl halides is 3. The van der Waals surface area contributed by atoms with Crippen LogP contribution in [0.2, 0.25) is 0 Å². The second-order valence-corrected chi connectivity index (χ2v) is 11.2. The number of hydrogen-bond acceptors (Lipinski definition) is 6. The van der Waals surface area contributed by atoms with Gasteiger partial charge >= 0.3 is 12.3 Å². The van der Waals surface area contributed by atoms with Gasteiger partial charge < -0.3 is 15.0 Å². The van der Waals surface area contributed by atoms with E-state index in [4.69, 9.17) is 4.74 Å². The molecule has 3 heterocycles. The molecule has 0 saturated carbocycles. The van der Waals surface area contributed by atoms with Gasteiger partial charge in [-0.15, -0.1) is 0 Å². The second-order valence-electron chi connectivity index (χ2n) is 9.99. The Bertz CT molecular complexity index is 1420. The summed E-state index contributed by atoms with van der Waals surface area (Å²) in [5, 5.41) is 3.27. The van der Waals surface area contributed by atoms with Crippen molar-refractivity contribution in [2.75, 3.05) is 29.7 Å². The smallest absolute Gasteiger partial charge is 0.418 e. The highest BCUT2D eigenvalue weighted by Crippen LogP contribution is 2.38. The van der Waals surface area contributed by atoms with Crippen LogP contribution < -0.4 is 10.0 Å². The van der Waals surface area contributed by atoms with E-state index in [1.807, 2.05) is 0 Å². The molecule has 3 aromatic rings. The average molecular weight is 574 g/mol. The highest BCUT2D eigenvalue weighted by atomic mass is 32.2. The van der Waals surface area contributed by atoms with Crippen LogP contribution in [0.1, 0.15) is 38.3 Å². The first kappa shape index (κ1) is 29.1. The molecular weight excluding hydrogens is 543 g/mol. The molecule has 1 atom stereocenters. The molecule has 8 nitrogen and oxygen atoms in total. The lowest BCUT2D eigenvalue weighted by molar-refractivity contribution is -0.137. The van der Waals surface area contributed by atoms with Crippen molar-refractivity contribution in [3.05, 3.63) is 71.8 Å². The van der Waals surface area contributed by atoms with Crippen LogP contribution >= 0.6 is 0 Å². The lowest BCUT2D eigenvalue weighted by Crippen LogP contribution is -2.39. The van der Waals surface area contributed by atoms with E-state index in [0.717, 1.165) is 12.1 Å². The molecule has 12 heteroatoms. The zero-order valence-corrected chi connectivity index (χ0v) is 23.1. The summed E-state index contributed by atoms with van der Waals surface area (Å²) in [4.78, 5) is 23.0. The number of carbonyl (C=O) groups is 1. The normalized spacial score (nSPS) is 17.4. The average Bonchev–Trinajstić information content (AvgIpc) is 2.88. The van der Waals surface area contributed by atoms with E-state index in [1.165, 1.54) is 6.07 Å². The standard InChI is InChI=1S/C28H30F3N5O3S/c1-27(2,3)39-26(37)36-17-7-6-10-19-9-4-5-11-20(19)25-21(28(29,30)31)14-15-23(34-25)35-40(38)24-13-8-12-22(33-24)32-16-18-36/h4-6,8-15H,7,16-18H2,1-3H3,(H,32,33)(H,34,35)/b10-6+. The minimum Gasteiger partial charge on any atom is -0.444 e. The van der Waals surface area contributed by atoms with Crippen LogP contribution in [-0.4, -0.2) is 50.4 Å². The number of benzene rings is 1.